The summed E-state index contributed by atoms with van der Waals surface area (Å²) in [5.74, 6) is 0.167. The summed E-state index contributed by atoms with van der Waals surface area (Å²) >= 11 is 1.21. The molecule has 1 N–H and O–H groups in total. The minimum Gasteiger partial charge on any atom is -0.485 e. The van der Waals surface area contributed by atoms with Crippen LogP contribution < -0.4 is 21.3 Å². The van der Waals surface area contributed by atoms with E-state index in [1.165, 1.54) is 48.3 Å². The molecular weight excluding hydrogens is 512 g/mol. The Morgan fingerprint density at radius 3 is 2.65 bits per heavy atom. The lowest BCUT2D eigenvalue weighted by Crippen LogP contribution is -2.37. The molecule has 1 aromatic carbocycles. The predicted molar refractivity (Wildman–Crippen MR) is 132 cm³/mol. The molecule has 0 aliphatic carbocycles. The van der Waals surface area contributed by atoms with Crippen LogP contribution >= 0.6 is 11.3 Å². The minimum atomic E-state index is -4.60. The molecule has 3 aromatic heterocycles. The molecule has 0 saturated carbocycles. The lowest BCUT2D eigenvalue weighted by molar-refractivity contribution is -0.137. The summed E-state index contributed by atoms with van der Waals surface area (Å²) in [4.78, 5) is 29.7. The van der Waals surface area contributed by atoms with E-state index < -0.39 is 35.3 Å². The first-order valence-electron chi connectivity index (χ1n) is 11.4. The van der Waals surface area contributed by atoms with E-state index in [0.717, 1.165) is 16.7 Å². The van der Waals surface area contributed by atoms with E-state index in [9.17, 15) is 27.2 Å². The summed E-state index contributed by atoms with van der Waals surface area (Å²) in [6.07, 6.45) is -3.89. The molecule has 0 unspecified atom stereocenters. The molecule has 0 amide bonds. The summed E-state index contributed by atoms with van der Waals surface area (Å²) in [5.41, 5.74) is -0.498. The molecule has 1 fully saturated rings. The number of hydrogen-bond donors (Lipinski definition) is 1. The van der Waals surface area contributed by atoms with Crippen LogP contribution in [-0.2, 0) is 19.8 Å². The molecule has 1 aliphatic heterocycles. The van der Waals surface area contributed by atoms with E-state index in [1.54, 1.807) is 12.1 Å². The van der Waals surface area contributed by atoms with E-state index in [2.05, 4.69) is 10.3 Å². The predicted octanol–water partition coefficient (Wildman–Crippen LogP) is 3.89. The van der Waals surface area contributed by atoms with E-state index in [0.29, 0.717) is 20.7 Å². The van der Waals surface area contributed by atoms with Gasteiger partial charge in [0.25, 0.3) is 5.56 Å². The van der Waals surface area contributed by atoms with Gasteiger partial charge in [-0.2, -0.15) is 13.2 Å². The number of nitrogens with zero attached hydrogens (tertiary/aromatic N) is 3. The number of nitrogens with one attached hydrogen (secondary N) is 1. The largest absolute Gasteiger partial charge is 0.485 e. The van der Waals surface area contributed by atoms with Gasteiger partial charge >= 0.3 is 11.9 Å². The molecule has 37 heavy (non-hydrogen) atoms. The van der Waals surface area contributed by atoms with E-state index in [4.69, 9.17) is 4.74 Å². The number of aryl methyl sites for hydroxylation is 2. The summed E-state index contributed by atoms with van der Waals surface area (Å²) in [6, 6.07) is 6.55. The molecule has 1 aliphatic rings. The van der Waals surface area contributed by atoms with E-state index in [-0.39, 0.29) is 36.5 Å². The topological polar surface area (TPSA) is 78.2 Å². The van der Waals surface area contributed by atoms with Crippen molar-refractivity contribution in [2.45, 2.75) is 31.9 Å². The maximum absolute atomic E-state index is 14.3. The van der Waals surface area contributed by atoms with Gasteiger partial charge in [-0.1, -0.05) is 0 Å². The number of hydrogen-bond acceptors (Lipinski definition) is 6. The van der Waals surface area contributed by atoms with Crippen molar-refractivity contribution < 1.29 is 22.3 Å². The molecule has 7 nitrogen and oxygen atoms in total. The summed E-state index contributed by atoms with van der Waals surface area (Å²) in [6.45, 7) is 1.82. The molecular formula is C25H22F4N4O3S. The van der Waals surface area contributed by atoms with Crippen molar-refractivity contribution in [2.24, 2.45) is 7.05 Å². The minimum absolute atomic E-state index is 0.0188. The first-order chi connectivity index (χ1) is 17.5. The van der Waals surface area contributed by atoms with Gasteiger partial charge in [-0.25, -0.2) is 9.18 Å². The van der Waals surface area contributed by atoms with Crippen LogP contribution in [0.4, 0.5) is 17.6 Å². The monoisotopic (exact) mass is 534 g/mol. The molecule has 5 rings (SSSR count). The molecule has 0 radical (unpaired) electrons. The number of benzene rings is 1. The van der Waals surface area contributed by atoms with Crippen molar-refractivity contribution in [3.63, 3.8) is 0 Å². The van der Waals surface area contributed by atoms with E-state index in [1.807, 2.05) is 0 Å². The summed E-state index contributed by atoms with van der Waals surface area (Å²) in [7, 11) is 1.53. The average molecular weight is 535 g/mol. The van der Waals surface area contributed by atoms with Crippen LogP contribution in [-0.4, -0.2) is 39.5 Å². The Balaban J connectivity index is 1.65. The third-order valence-corrected chi connectivity index (χ3v) is 7.41. The van der Waals surface area contributed by atoms with Crippen molar-refractivity contribution >= 4 is 21.6 Å². The van der Waals surface area contributed by atoms with Crippen molar-refractivity contribution in [3.05, 3.63) is 79.6 Å². The number of thiophene rings is 1. The fourth-order valence-corrected chi connectivity index (χ4v) is 5.51. The van der Waals surface area contributed by atoms with Gasteiger partial charge in [-0.15, -0.1) is 11.3 Å². The smallest absolute Gasteiger partial charge is 0.416 e. The quantitative estimate of drug-likeness (QED) is 0.393. The van der Waals surface area contributed by atoms with Crippen LogP contribution in [0.15, 0.2) is 52.3 Å². The van der Waals surface area contributed by atoms with Gasteiger partial charge in [0.2, 0.25) is 0 Å². The Hall–Kier alpha value is -3.51. The van der Waals surface area contributed by atoms with Crippen LogP contribution in [0, 0.1) is 6.92 Å². The van der Waals surface area contributed by atoms with Gasteiger partial charge in [0.05, 0.1) is 22.3 Å². The van der Waals surface area contributed by atoms with Crippen molar-refractivity contribution in [1.82, 2.24) is 19.4 Å². The second kappa shape index (κ2) is 9.42. The molecule has 2 atom stereocenters. The summed E-state index contributed by atoms with van der Waals surface area (Å²) < 4.78 is 64.4. The lowest BCUT2D eigenvalue weighted by atomic mass is 9.98. The van der Waals surface area contributed by atoms with E-state index >= 15 is 0 Å². The molecule has 0 bridgehead atoms. The highest BCUT2D eigenvalue weighted by Crippen LogP contribution is 2.44. The number of halogens is 4. The van der Waals surface area contributed by atoms with Crippen molar-refractivity contribution in [1.29, 1.82) is 0 Å². The molecule has 4 aromatic rings. The highest BCUT2D eigenvalue weighted by molar-refractivity contribution is 7.19. The Morgan fingerprint density at radius 1 is 1.16 bits per heavy atom. The third-order valence-electron chi connectivity index (χ3n) is 6.27. The molecule has 194 valence electrons. The molecule has 4 heterocycles. The third kappa shape index (κ3) is 4.78. The zero-order valence-corrected chi connectivity index (χ0v) is 20.6. The van der Waals surface area contributed by atoms with Gasteiger partial charge < -0.3 is 14.6 Å². The van der Waals surface area contributed by atoms with Gasteiger partial charge in [0.1, 0.15) is 11.9 Å². The zero-order chi connectivity index (χ0) is 26.5. The highest BCUT2D eigenvalue weighted by atomic mass is 32.1. The first kappa shape index (κ1) is 25.2. The van der Waals surface area contributed by atoms with Crippen LogP contribution in [0.25, 0.3) is 21.3 Å². The number of ether oxygens (including phenoxy) is 1. The second-order valence-corrected chi connectivity index (χ2v) is 10.1. The number of rotatable bonds is 5. The normalized spacial score (nSPS) is 18.0. The maximum Gasteiger partial charge on any atom is 0.416 e. The molecule has 12 heteroatoms. The lowest BCUT2D eigenvalue weighted by Gasteiger charge is -2.22. The molecule has 1 saturated heterocycles. The number of alkyl halides is 4. The van der Waals surface area contributed by atoms with Crippen LogP contribution in [0.3, 0.4) is 0 Å². The fraction of sp³-hybridized carbons (Fsp3) is 0.320. The van der Waals surface area contributed by atoms with Gasteiger partial charge in [0, 0.05) is 54.6 Å². The Labute approximate surface area is 212 Å². The highest BCUT2D eigenvalue weighted by Gasteiger charge is 2.34. The van der Waals surface area contributed by atoms with Gasteiger partial charge in [-0.3, -0.25) is 14.3 Å². The van der Waals surface area contributed by atoms with Crippen LogP contribution in [0.2, 0.25) is 0 Å². The van der Waals surface area contributed by atoms with Gasteiger partial charge in [-0.05, 0) is 36.8 Å². The Bertz CT molecular complexity index is 1610. The zero-order valence-electron chi connectivity index (χ0n) is 19.8. The number of pyridine rings is 1. The Kier molecular flexibility index (Phi) is 6.40. The molecule has 0 spiro atoms. The van der Waals surface area contributed by atoms with Crippen molar-refractivity contribution in [2.75, 3.05) is 13.1 Å². The average Bonchev–Trinajstić information content (AvgIpc) is 3.45. The standard InChI is InChI=1S/C25H22F4N4O3S/c1-13-7-14(25(27,28)29)8-17(22(13)36-20-11-30-10-18(20)26)16-3-5-31-19-9-15(37-23(16)19)12-33-21(34)4-6-32(2)24(33)35/h3-9,18,20,30H,10-12H2,1-2H3/t18-,20+/m0/s1. The van der Waals surface area contributed by atoms with Crippen LogP contribution in [0.1, 0.15) is 16.0 Å². The maximum atomic E-state index is 14.3. The van der Waals surface area contributed by atoms with Gasteiger partial charge in [0.15, 0.2) is 6.17 Å². The SMILES string of the molecule is Cc1cc(C(F)(F)F)cc(-c2ccnc3cc(Cn4c(=O)ccn(C)c4=O)sc23)c1O[C@@H]1CNC[C@@H]1F. The number of aromatic nitrogens is 3. The Morgan fingerprint density at radius 2 is 1.95 bits per heavy atom. The second-order valence-electron chi connectivity index (χ2n) is 8.92. The first-order valence-corrected chi connectivity index (χ1v) is 12.2. The number of fused-ring (bicyclic) bond motifs is 1. The van der Waals surface area contributed by atoms with Crippen LogP contribution in [0.5, 0.6) is 5.75 Å². The fourth-order valence-electron chi connectivity index (χ4n) is 4.38. The van der Waals surface area contributed by atoms with Crippen molar-refractivity contribution in [3.8, 4) is 16.9 Å². The summed E-state index contributed by atoms with van der Waals surface area (Å²) in [5, 5.41) is 2.88.